The Morgan fingerprint density at radius 2 is 2.03 bits per heavy atom. The second-order valence-electron chi connectivity index (χ2n) is 8.31. The highest BCUT2D eigenvalue weighted by Crippen LogP contribution is 2.35. The fourth-order valence-corrected chi connectivity index (χ4v) is 4.71. The van der Waals surface area contributed by atoms with E-state index >= 15 is 0 Å². The summed E-state index contributed by atoms with van der Waals surface area (Å²) in [6.45, 7) is 1.55. The summed E-state index contributed by atoms with van der Waals surface area (Å²) in [6, 6.07) is 9.35. The summed E-state index contributed by atoms with van der Waals surface area (Å²) in [5.74, 6) is 0.779. The number of benzene rings is 1. The quantitative estimate of drug-likeness (QED) is 0.650. The summed E-state index contributed by atoms with van der Waals surface area (Å²) in [6.07, 6.45) is 6.85. The average Bonchev–Trinajstić information content (AvgIpc) is 3.47. The molecule has 33 heavy (non-hydrogen) atoms. The number of rotatable bonds is 5. The molecule has 3 aromatic rings. The summed E-state index contributed by atoms with van der Waals surface area (Å²) in [7, 11) is 3.13. The lowest BCUT2D eigenvalue weighted by Gasteiger charge is -2.28. The first-order valence-corrected chi connectivity index (χ1v) is 11.0. The molecule has 0 saturated carbocycles. The van der Waals surface area contributed by atoms with Gasteiger partial charge in [-0.1, -0.05) is 6.08 Å². The third-order valence-electron chi connectivity index (χ3n) is 6.47. The first-order valence-electron chi connectivity index (χ1n) is 11.0. The Balaban J connectivity index is 1.28. The van der Waals surface area contributed by atoms with Crippen molar-refractivity contribution in [3.63, 3.8) is 0 Å². The Labute approximate surface area is 191 Å². The number of anilines is 1. The smallest absolute Gasteiger partial charge is 0.228 e. The SMILES string of the molecule is COc1ccc(N2CC(C(=O)N3CC=C(c4c[nH]c5ncccc45)CC3)CC2=O)cc1OC. The molecule has 8 nitrogen and oxygen atoms in total. The van der Waals surface area contributed by atoms with Crippen LogP contribution in [0.1, 0.15) is 18.4 Å². The summed E-state index contributed by atoms with van der Waals surface area (Å²) >= 11 is 0. The standard InChI is InChI=1S/C25H26N4O4/c1-32-21-6-5-18(13-22(21)33-2)29-15-17(12-23(29)30)25(31)28-10-7-16(8-11-28)20-14-27-24-19(20)4-3-9-26-24/h3-7,9,13-14,17H,8,10-12,15H2,1-2H3,(H,26,27). The normalized spacial score (nSPS) is 18.5. The Bertz CT molecular complexity index is 1250. The number of aromatic nitrogens is 2. The summed E-state index contributed by atoms with van der Waals surface area (Å²) in [5, 5.41) is 1.09. The van der Waals surface area contributed by atoms with E-state index in [4.69, 9.17) is 9.47 Å². The fraction of sp³-hybridized carbons (Fsp3) is 0.320. The molecule has 2 amide bonds. The largest absolute Gasteiger partial charge is 0.493 e. The van der Waals surface area contributed by atoms with E-state index in [1.165, 1.54) is 5.57 Å². The molecule has 5 rings (SSSR count). The number of carbonyl (C=O) groups excluding carboxylic acids is 2. The number of amides is 2. The molecule has 8 heteroatoms. The highest BCUT2D eigenvalue weighted by atomic mass is 16.5. The number of aromatic amines is 1. The first-order chi connectivity index (χ1) is 16.1. The molecule has 2 aliphatic heterocycles. The third kappa shape index (κ3) is 3.82. The second-order valence-corrected chi connectivity index (χ2v) is 8.31. The molecular formula is C25H26N4O4. The van der Waals surface area contributed by atoms with Crippen LogP contribution in [0.2, 0.25) is 0 Å². The van der Waals surface area contributed by atoms with Gasteiger partial charge in [0.15, 0.2) is 11.5 Å². The molecule has 1 unspecified atom stereocenters. The van der Waals surface area contributed by atoms with Gasteiger partial charge >= 0.3 is 0 Å². The Morgan fingerprint density at radius 3 is 2.79 bits per heavy atom. The number of hydrogen-bond acceptors (Lipinski definition) is 5. The van der Waals surface area contributed by atoms with Crippen LogP contribution in [0, 0.1) is 5.92 Å². The van der Waals surface area contributed by atoms with Crippen molar-refractivity contribution in [1.29, 1.82) is 0 Å². The summed E-state index contributed by atoms with van der Waals surface area (Å²) in [5.41, 5.74) is 3.93. The molecule has 4 heterocycles. The number of ether oxygens (including phenoxy) is 2. The van der Waals surface area contributed by atoms with Crippen LogP contribution in [0.5, 0.6) is 11.5 Å². The Morgan fingerprint density at radius 1 is 1.18 bits per heavy atom. The van der Waals surface area contributed by atoms with Crippen LogP contribution in [-0.2, 0) is 9.59 Å². The maximum Gasteiger partial charge on any atom is 0.228 e. The van der Waals surface area contributed by atoms with Crippen molar-refractivity contribution >= 4 is 34.1 Å². The fourth-order valence-electron chi connectivity index (χ4n) is 4.71. The molecule has 0 bridgehead atoms. The van der Waals surface area contributed by atoms with Gasteiger partial charge in [-0.05, 0) is 36.3 Å². The number of hydrogen-bond donors (Lipinski definition) is 1. The van der Waals surface area contributed by atoms with E-state index in [0.29, 0.717) is 36.8 Å². The molecule has 1 aromatic carbocycles. The topological polar surface area (TPSA) is 87.8 Å². The molecule has 2 aliphatic rings. The highest BCUT2D eigenvalue weighted by molar-refractivity contribution is 6.00. The van der Waals surface area contributed by atoms with Gasteiger partial charge in [-0.2, -0.15) is 0 Å². The number of H-pyrrole nitrogens is 1. The lowest BCUT2D eigenvalue weighted by atomic mass is 9.98. The Hall–Kier alpha value is -3.81. The van der Waals surface area contributed by atoms with Gasteiger partial charge in [-0.25, -0.2) is 4.98 Å². The maximum absolute atomic E-state index is 13.2. The summed E-state index contributed by atoms with van der Waals surface area (Å²) < 4.78 is 10.6. The number of fused-ring (bicyclic) bond motifs is 1. The number of pyridine rings is 1. The van der Waals surface area contributed by atoms with Crippen LogP contribution in [0.4, 0.5) is 5.69 Å². The lowest BCUT2D eigenvalue weighted by Crippen LogP contribution is -2.39. The first kappa shape index (κ1) is 21.1. The molecule has 2 aromatic heterocycles. The second kappa shape index (κ2) is 8.61. The zero-order valence-corrected chi connectivity index (χ0v) is 18.7. The van der Waals surface area contributed by atoms with Crippen LogP contribution >= 0.6 is 0 Å². The van der Waals surface area contributed by atoms with E-state index < -0.39 is 0 Å². The van der Waals surface area contributed by atoms with Crippen molar-refractivity contribution in [2.24, 2.45) is 5.92 Å². The van der Waals surface area contributed by atoms with E-state index in [-0.39, 0.29) is 24.2 Å². The van der Waals surface area contributed by atoms with Gasteiger partial charge < -0.3 is 24.3 Å². The molecular weight excluding hydrogens is 420 g/mol. The molecule has 1 N–H and O–H groups in total. The molecule has 1 atom stereocenters. The van der Waals surface area contributed by atoms with Crippen molar-refractivity contribution in [3.8, 4) is 11.5 Å². The minimum absolute atomic E-state index is 0.0298. The molecule has 170 valence electrons. The number of carbonyl (C=O) groups is 2. The molecule has 0 radical (unpaired) electrons. The van der Waals surface area contributed by atoms with E-state index in [9.17, 15) is 9.59 Å². The van der Waals surface area contributed by atoms with Crippen molar-refractivity contribution in [2.75, 3.05) is 38.8 Å². The Kier molecular flexibility index (Phi) is 5.50. The predicted octanol–water partition coefficient (Wildman–Crippen LogP) is 3.25. The molecule has 0 spiro atoms. The summed E-state index contributed by atoms with van der Waals surface area (Å²) in [4.78, 5) is 37.0. The van der Waals surface area contributed by atoms with E-state index in [1.807, 2.05) is 23.2 Å². The van der Waals surface area contributed by atoms with Gasteiger partial charge in [0.2, 0.25) is 11.8 Å². The van der Waals surface area contributed by atoms with Gasteiger partial charge in [0.25, 0.3) is 0 Å². The molecule has 1 saturated heterocycles. The highest BCUT2D eigenvalue weighted by Gasteiger charge is 2.37. The van der Waals surface area contributed by atoms with Gasteiger partial charge in [-0.3, -0.25) is 9.59 Å². The number of nitrogens with one attached hydrogen (secondary N) is 1. The monoisotopic (exact) mass is 446 g/mol. The maximum atomic E-state index is 13.2. The van der Waals surface area contributed by atoms with Crippen LogP contribution < -0.4 is 14.4 Å². The number of methoxy groups -OCH3 is 2. The van der Waals surface area contributed by atoms with E-state index in [0.717, 1.165) is 23.0 Å². The van der Waals surface area contributed by atoms with Gasteiger partial charge in [0.05, 0.1) is 20.1 Å². The average molecular weight is 447 g/mol. The van der Waals surface area contributed by atoms with E-state index in [1.54, 1.807) is 37.4 Å². The van der Waals surface area contributed by atoms with Crippen molar-refractivity contribution in [2.45, 2.75) is 12.8 Å². The lowest BCUT2D eigenvalue weighted by molar-refractivity contribution is -0.135. The van der Waals surface area contributed by atoms with Crippen LogP contribution in [0.15, 0.2) is 48.8 Å². The minimum atomic E-state index is -0.349. The van der Waals surface area contributed by atoms with Crippen molar-refractivity contribution in [3.05, 3.63) is 54.4 Å². The molecule has 1 fully saturated rings. The zero-order chi connectivity index (χ0) is 22.9. The van der Waals surface area contributed by atoms with Gasteiger partial charge in [-0.15, -0.1) is 0 Å². The third-order valence-corrected chi connectivity index (χ3v) is 6.47. The molecule has 0 aliphatic carbocycles. The predicted molar refractivity (Wildman–Crippen MR) is 125 cm³/mol. The van der Waals surface area contributed by atoms with Crippen LogP contribution in [-0.4, -0.2) is 60.5 Å². The van der Waals surface area contributed by atoms with E-state index in [2.05, 4.69) is 22.1 Å². The van der Waals surface area contributed by atoms with Gasteiger partial charge in [0.1, 0.15) is 5.65 Å². The van der Waals surface area contributed by atoms with Crippen LogP contribution in [0.25, 0.3) is 16.6 Å². The number of nitrogens with zero attached hydrogens (tertiary/aromatic N) is 3. The van der Waals surface area contributed by atoms with Crippen LogP contribution in [0.3, 0.4) is 0 Å². The zero-order valence-electron chi connectivity index (χ0n) is 18.7. The van der Waals surface area contributed by atoms with Gasteiger partial charge in [0, 0.05) is 61.2 Å². The van der Waals surface area contributed by atoms with Crippen molar-refractivity contribution < 1.29 is 19.1 Å². The van der Waals surface area contributed by atoms with Crippen molar-refractivity contribution in [1.82, 2.24) is 14.9 Å². The minimum Gasteiger partial charge on any atom is -0.493 e.